The summed E-state index contributed by atoms with van der Waals surface area (Å²) in [5, 5.41) is 14.3. The predicted molar refractivity (Wildman–Crippen MR) is 145 cm³/mol. The summed E-state index contributed by atoms with van der Waals surface area (Å²) in [6, 6.07) is 8.93. The van der Waals surface area contributed by atoms with Gasteiger partial charge < -0.3 is 14.6 Å². The molecule has 0 fully saturated rings. The molecule has 0 aliphatic carbocycles. The minimum Gasteiger partial charge on any atom is -0.490 e. The van der Waals surface area contributed by atoms with E-state index in [0.29, 0.717) is 52.4 Å². The lowest BCUT2D eigenvalue weighted by Crippen LogP contribution is -2.24. The summed E-state index contributed by atoms with van der Waals surface area (Å²) in [6.07, 6.45) is 3.41. The van der Waals surface area contributed by atoms with Gasteiger partial charge in [0.2, 0.25) is 0 Å². The standard InChI is InChI=1S/C27H30BrN3O5/c1-6-9-19-12-18(13-23(35-8-3)24(19)36-17(5)27(33)34)15-29-31-25(16(4)7-2)30-22-11-10-20(28)14-21(22)26(31)32/h6,10-17H,1,7-9H2,2-5H3,(H,33,34)/t16-,17+/m1/s1. The average Bonchev–Trinajstić information content (AvgIpc) is 2.85. The molecule has 0 aliphatic rings. The number of carboxylic acid groups (broad SMARTS) is 1. The zero-order valence-corrected chi connectivity index (χ0v) is 22.4. The monoisotopic (exact) mass is 555 g/mol. The predicted octanol–water partition coefficient (Wildman–Crippen LogP) is 5.53. The molecule has 0 saturated carbocycles. The van der Waals surface area contributed by atoms with Crippen molar-refractivity contribution in [2.24, 2.45) is 5.10 Å². The number of nitrogens with zero attached hydrogens (tertiary/aromatic N) is 3. The third-order valence-electron chi connectivity index (χ3n) is 5.67. The number of ether oxygens (including phenoxy) is 2. The largest absolute Gasteiger partial charge is 0.490 e. The summed E-state index contributed by atoms with van der Waals surface area (Å²) in [6.45, 7) is 11.5. The van der Waals surface area contributed by atoms with Gasteiger partial charge in [-0.05, 0) is 62.6 Å². The Morgan fingerprint density at radius 2 is 2.03 bits per heavy atom. The number of rotatable bonds is 11. The minimum absolute atomic E-state index is 0.00601. The van der Waals surface area contributed by atoms with Crippen LogP contribution in [0.2, 0.25) is 0 Å². The molecule has 190 valence electrons. The molecule has 0 saturated heterocycles. The highest BCUT2D eigenvalue weighted by molar-refractivity contribution is 9.10. The van der Waals surface area contributed by atoms with E-state index in [9.17, 15) is 14.7 Å². The van der Waals surface area contributed by atoms with Crippen LogP contribution < -0.4 is 15.0 Å². The number of aromatic nitrogens is 2. The molecule has 3 rings (SSSR count). The molecule has 2 aromatic carbocycles. The molecule has 0 spiro atoms. The van der Waals surface area contributed by atoms with E-state index >= 15 is 0 Å². The first-order chi connectivity index (χ1) is 17.2. The summed E-state index contributed by atoms with van der Waals surface area (Å²) in [5.41, 5.74) is 1.70. The lowest BCUT2D eigenvalue weighted by molar-refractivity contribution is -0.144. The Hall–Kier alpha value is -3.46. The van der Waals surface area contributed by atoms with Crippen LogP contribution in [0.25, 0.3) is 10.9 Å². The van der Waals surface area contributed by atoms with E-state index < -0.39 is 12.1 Å². The maximum Gasteiger partial charge on any atom is 0.344 e. The van der Waals surface area contributed by atoms with Crippen molar-refractivity contribution < 1.29 is 19.4 Å². The normalized spacial score (nSPS) is 13.0. The Labute approximate surface area is 218 Å². The molecule has 1 aromatic heterocycles. The topological polar surface area (TPSA) is 103 Å². The Kier molecular flexibility index (Phi) is 9.03. The Bertz CT molecular complexity index is 1370. The molecular weight excluding hydrogens is 526 g/mol. The van der Waals surface area contributed by atoms with Gasteiger partial charge in [0.05, 0.1) is 23.7 Å². The second kappa shape index (κ2) is 12.0. The summed E-state index contributed by atoms with van der Waals surface area (Å²) in [7, 11) is 0. The summed E-state index contributed by atoms with van der Waals surface area (Å²) in [5.74, 6) is 0.228. The van der Waals surface area contributed by atoms with Crippen molar-refractivity contribution >= 4 is 39.0 Å². The van der Waals surface area contributed by atoms with E-state index in [-0.39, 0.29) is 11.5 Å². The molecule has 36 heavy (non-hydrogen) atoms. The minimum atomic E-state index is -1.08. The third kappa shape index (κ3) is 6.02. The number of allylic oxidation sites excluding steroid dienone is 1. The van der Waals surface area contributed by atoms with Crippen LogP contribution in [0, 0.1) is 0 Å². The third-order valence-corrected chi connectivity index (χ3v) is 6.16. The van der Waals surface area contributed by atoms with Gasteiger partial charge >= 0.3 is 5.97 Å². The fourth-order valence-corrected chi connectivity index (χ4v) is 3.95. The molecule has 3 aromatic rings. The molecule has 0 aliphatic heterocycles. The molecule has 1 heterocycles. The molecule has 8 nitrogen and oxygen atoms in total. The van der Waals surface area contributed by atoms with Crippen molar-refractivity contribution in [2.75, 3.05) is 6.61 Å². The van der Waals surface area contributed by atoms with E-state index in [2.05, 4.69) is 27.6 Å². The van der Waals surface area contributed by atoms with Crippen LogP contribution >= 0.6 is 15.9 Å². The van der Waals surface area contributed by atoms with Gasteiger partial charge in [0.1, 0.15) is 5.82 Å². The molecule has 0 radical (unpaired) electrons. The van der Waals surface area contributed by atoms with Crippen molar-refractivity contribution in [3.8, 4) is 11.5 Å². The van der Waals surface area contributed by atoms with E-state index in [4.69, 9.17) is 14.5 Å². The smallest absolute Gasteiger partial charge is 0.344 e. The second-order valence-electron chi connectivity index (χ2n) is 8.33. The van der Waals surface area contributed by atoms with E-state index in [1.807, 2.05) is 39.0 Å². The highest BCUT2D eigenvalue weighted by atomic mass is 79.9. The van der Waals surface area contributed by atoms with Gasteiger partial charge in [-0.25, -0.2) is 9.78 Å². The molecular formula is C27H30BrN3O5. The van der Waals surface area contributed by atoms with Crippen molar-refractivity contribution in [1.82, 2.24) is 9.66 Å². The second-order valence-corrected chi connectivity index (χ2v) is 9.25. The lowest BCUT2D eigenvalue weighted by atomic mass is 10.1. The first-order valence-electron chi connectivity index (χ1n) is 11.8. The van der Waals surface area contributed by atoms with Gasteiger partial charge in [-0.3, -0.25) is 4.79 Å². The van der Waals surface area contributed by atoms with Crippen LogP contribution in [0.15, 0.2) is 57.4 Å². The summed E-state index contributed by atoms with van der Waals surface area (Å²) in [4.78, 5) is 29.5. The SMILES string of the molecule is C=CCc1cc(C=Nn2c([C@H](C)CC)nc3ccc(Br)cc3c2=O)cc(OCC)c1O[C@@H](C)C(=O)O. The summed E-state index contributed by atoms with van der Waals surface area (Å²) < 4.78 is 13.6. The quantitative estimate of drug-likeness (QED) is 0.246. The van der Waals surface area contributed by atoms with Crippen molar-refractivity contribution in [1.29, 1.82) is 0 Å². The first kappa shape index (κ1) is 27.1. The average molecular weight is 556 g/mol. The number of carbonyl (C=O) groups is 1. The maximum absolute atomic E-state index is 13.4. The zero-order chi connectivity index (χ0) is 26.4. The van der Waals surface area contributed by atoms with Crippen molar-refractivity contribution in [3.05, 3.63) is 74.8 Å². The van der Waals surface area contributed by atoms with Crippen LogP contribution in [0.3, 0.4) is 0 Å². The fourth-order valence-electron chi connectivity index (χ4n) is 3.59. The molecule has 2 atom stereocenters. The first-order valence-corrected chi connectivity index (χ1v) is 12.6. The van der Waals surface area contributed by atoms with Crippen LogP contribution in [0.5, 0.6) is 11.5 Å². The number of hydrogen-bond donors (Lipinski definition) is 1. The lowest BCUT2D eigenvalue weighted by Gasteiger charge is -2.19. The van der Waals surface area contributed by atoms with Crippen molar-refractivity contribution in [2.45, 2.75) is 52.6 Å². The zero-order valence-electron chi connectivity index (χ0n) is 20.8. The Balaban J connectivity index is 2.16. The van der Waals surface area contributed by atoms with Gasteiger partial charge in [0.25, 0.3) is 5.56 Å². The molecule has 9 heteroatoms. The number of hydrogen-bond acceptors (Lipinski definition) is 6. The van der Waals surface area contributed by atoms with Gasteiger partial charge in [-0.15, -0.1) is 6.58 Å². The molecule has 0 unspecified atom stereocenters. The highest BCUT2D eigenvalue weighted by Gasteiger charge is 2.20. The Morgan fingerprint density at radius 3 is 2.67 bits per heavy atom. The number of carboxylic acids is 1. The van der Waals surface area contributed by atoms with Crippen LogP contribution in [-0.4, -0.2) is 39.7 Å². The van der Waals surface area contributed by atoms with Crippen LogP contribution in [0.4, 0.5) is 0 Å². The highest BCUT2D eigenvalue weighted by Crippen LogP contribution is 2.34. The molecule has 0 bridgehead atoms. The molecule has 1 N–H and O–H groups in total. The van der Waals surface area contributed by atoms with E-state index in [0.717, 1.165) is 10.9 Å². The number of fused-ring (bicyclic) bond motifs is 1. The van der Waals surface area contributed by atoms with Gasteiger partial charge in [0.15, 0.2) is 17.6 Å². The number of aliphatic carboxylic acids is 1. The Morgan fingerprint density at radius 1 is 1.28 bits per heavy atom. The fraction of sp³-hybridized carbons (Fsp3) is 0.333. The van der Waals surface area contributed by atoms with E-state index in [1.54, 1.807) is 24.4 Å². The van der Waals surface area contributed by atoms with Gasteiger partial charge in [0, 0.05) is 16.0 Å². The number of halogens is 1. The van der Waals surface area contributed by atoms with Gasteiger partial charge in [-0.1, -0.05) is 35.9 Å². The summed E-state index contributed by atoms with van der Waals surface area (Å²) >= 11 is 3.42. The van der Waals surface area contributed by atoms with Crippen molar-refractivity contribution in [3.63, 3.8) is 0 Å². The van der Waals surface area contributed by atoms with E-state index in [1.165, 1.54) is 11.6 Å². The van der Waals surface area contributed by atoms with Crippen LogP contribution in [0.1, 0.15) is 57.0 Å². The van der Waals surface area contributed by atoms with Crippen LogP contribution in [-0.2, 0) is 11.2 Å². The number of benzene rings is 2. The molecule has 0 amide bonds. The van der Waals surface area contributed by atoms with Gasteiger partial charge in [-0.2, -0.15) is 9.78 Å². The maximum atomic E-state index is 13.4.